The second-order valence-corrected chi connectivity index (χ2v) is 5.76. The third-order valence-electron chi connectivity index (χ3n) is 2.70. The maximum absolute atomic E-state index is 11.2. The van der Waals surface area contributed by atoms with Gasteiger partial charge in [0.1, 0.15) is 5.76 Å². The van der Waals surface area contributed by atoms with Gasteiger partial charge in [-0.25, -0.2) is 4.79 Å². The molecule has 1 aromatic rings. The molecule has 0 atom stereocenters. The van der Waals surface area contributed by atoms with Crippen molar-refractivity contribution in [2.75, 3.05) is 34.3 Å². The van der Waals surface area contributed by atoms with Crippen LogP contribution in [0.2, 0.25) is 0 Å². The van der Waals surface area contributed by atoms with Crippen molar-refractivity contribution in [2.45, 2.75) is 20.4 Å². The molecular weight excluding hydrogens is 244 g/mol. The normalized spacial score (nSPS) is 11.9. The molecule has 5 nitrogen and oxygen atoms in total. The van der Waals surface area contributed by atoms with E-state index >= 15 is 0 Å². The minimum absolute atomic E-state index is 0.182. The summed E-state index contributed by atoms with van der Waals surface area (Å²) in [6.45, 7) is 6.91. The molecule has 0 saturated heterocycles. The van der Waals surface area contributed by atoms with Crippen molar-refractivity contribution in [1.82, 2.24) is 10.2 Å². The first-order chi connectivity index (χ1) is 8.84. The van der Waals surface area contributed by atoms with Crippen LogP contribution < -0.4 is 5.32 Å². The quantitative estimate of drug-likeness (QED) is 0.763. The van der Waals surface area contributed by atoms with Crippen molar-refractivity contribution in [2.24, 2.45) is 5.41 Å². The summed E-state index contributed by atoms with van der Waals surface area (Å²) in [5.41, 5.74) is 0.182. The van der Waals surface area contributed by atoms with Gasteiger partial charge in [-0.05, 0) is 31.6 Å². The molecule has 1 aromatic heterocycles. The molecule has 0 amide bonds. The first-order valence-corrected chi connectivity index (χ1v) is 6.36. The van der Waals surface area contributed by atoms with Gasteiger partial charge in [-0.15, -0.1) is 0 Å². The van der Waals surface area contributed by atoms with Crippen molar-refractivity contribution in [1.29, 1.82) is 0 Å². The lowest BCUT2D eigenvalue weighted by atomic mass is 9.93. The summed E-state index contributed by atoms with van der Waals surface area (Å²) in [5.74, 6) is 0.534. The molecule has 5 heteroatoms. The Bertz CT molecular complexity index is 411. The number of methoxy groups -OCH3 is 1. The van der Waals surface area contributed by atoms with Gasteiger partial charge in [-0.2, -0.15) is 0 Å². The number of carbonyl (C=O) groups is 1. The van der Waals surface area contributed by atoms with Crippen molar-refractivity contribution in [3.05, 3.63) is 23.7 Å². The fourth-order valence-electron chi connectivity index (χ4n) is 2.12. The number of rotatable bonds is 7. The topological polar surface area (TPSA) is 54.7 Å². The van der Waals surface area contributed by atoms with Gasteiger partial charge in [0, 0.05) is 13.1 Å². The van der Waals surface area contributed by atoms with Gasteiger partial charge in [-0.1, -0.05) is 13.8 Å². The van der Waals surface area contributed by atoms with Crippen molar-refractivity contribution < 1.29 is 13.9 Å². The maximum atomic E-state index is 11.2. The second-order valence-electron chi connectivity index (χ2n) is 5.76. The van der Waals surface area contributed by atoms with Gasteiger partial charge in [0.25, 0.3) is 0 Å². The molecule has 1 heterocycles. The molecule has 0 aliphatic heterocycles. The Hall–Kier alpha value is -1.33. The Morgan fingerprint density at radius 2 is 2.11 bits per heavy atom. The highest BCUT2D eigenvalue weighted by Gasteiger charge is 2.18. The van der Waals surface area contributed by atoms with E-state index in [0.29, 0.717) is 6.54 Å². The third kappa shape index (κ3) is 5.44. The molecule has 1 rings (SSSR count). The van der Waals surface area contributed by atoms with Crippen molar-refractivity contribution in [3.63, 3.8) is 0 Å². The highest BCUT2D eigenvalue weighted by molar-refractivity contribution is 5.86. The standard InChI is InChI=1S/C14H24N2O3/c1-14(2,10-16(3)4)9-15-8-11-6-7-12(19-11)13(17)18-5/h6-7,15H,8-10H2,1-5H3. The van der Waals surface area contributed by atoms with Gasteiger partial charge in [0.2, 0.25) is 5.76 Å². The van der Waals surface area contributed by atoms with Crippen LogP contribution in [0.1, 0.15) is 30.2 Å². The van der Waals surface area contributed by atoms with Gasteiger partial charge >= 0.3 is 5.97 Å². The van der Waals surface area contributed by atoms with E-state index in [0.717, 1.165) is 18.8 Å². The minimum atomic E-state index is -0.445. The zero-order valence-electron chi connectivity index (χ0n) is 12.4. The Morgan fingerprint density at radius 1 is 1.42 bits per heavy atom. The molecule has 19 heavy (non-hydrogen) atoms. The Kier molecular flexibility index (Phi) is 5.57. The van der Waals surface area contributed by atoms with Crippen LogP contribution in [0.4, 0.5) is 0 Å². The summed E-state index contributed by atoms with van der Waals surface area (Å²) < 4.78 is 9.98. The summed E-state index contributed by atoms with van der Waals surface area (Å²) in [5, 5.41) is 3.35. The van der Waals surface area contributed by atoms with Gasteiger partial charge in [0.05, 0.1) is 13.7 Å². The fourth-order valence-corrected chi connectivity index (χ4v) is 2.12. The van der Waals surface area contributed by atoms with E-state index in [-0.39, 0.29) is 11.2 Å². The number of nitrogens with zero attached hydrogens (tertiary/aromatic N) is 1. The van der Waals surface area contributed by atoms with E-state index in [1.807, 2.05) is 0 Å². The van der Waals surface area contributed by atoms with E-state index < -0.39 is 5.97 Å². The zero-order chi connectivity index (χ0) is 14.5. The van der Waals surface area contributed by atoms with Crippen LogP contribution in [-0.4, -0.2) is 45.2 Å². The van der Waals surface area contributed by atoms with Crippen LogP contribution in [-0.2, 0) is 11.3 Å². The largest absolute Gasteiger partial charge is 0.463 e. The van der Waals surface area contributed by atoms with E-state index in [1.54, 1.807) is 12.1 Å². The first-order valence-electron chi connectivity index (χ1n) is 6.36. The molecule has 0 fully saturated rings. The number of esters is 1. The van der Waals surface area contributed by atoms with Crippen LogP contribution in [0.25, 0.3) is 0 Å². The SMILES string of the molecule is COC(=O)c1ccc(CNCC(C)(C)CN(C)C)o1. The Balaban J connectivity index is 2.41. The molecule has 0 saturated carbocycles. The molecule has 0 spiro atoms. The Labute approximate surface area is 114 Å². The molecule has 108 valence electrons. The first kappa shape index (κ1) is 15.7. The monoisotopic (exact) mass is 268 g/mol. The summed E-state index contributed by atoms with van der Waals surface area (Å²) in [6, 6.07) is 3.42. The molecule has 0 unspecified atom stereocenters. The lowest BCUT2D eigenvalue weighted by Crippen LogP contribution is -2.37. The van der Waals surface area contributed by atoms with E-state index in [1.165, 1.54) is 7.11 Å². The van der Waals surface area contributed by atoms with Crippen LogP contribution in [0.5, 0.6) is 0 Å². The summed E-state index contributed by atoms with van der Waals surface area (Å²) in [7, 11) is 5.47. The molecule has 0 radical (unpaired) electrons. The number of hydrogen-bond donors (Lipinski definition) is 1. The second kappa shape index (κ2) is 6.73. The molecule has 0 aromatic carbocycles. The van der Waals surface area contributed by atoms with E-state index in [9.17, 15) is 4.79 Å². The lowest BCUT2D eigenvalue weighted by molar-refractivity contribution is 0.0562. The van der Waals surface area contributed by atoms with Crippen LogP contribution in [0.3, 0.4) is 0 Å². The van der Waals surface area contributed by atoms with Gasteiger partial charge in [-0.3, -0.25) is 0 Å². The van der Waals surface area contributed by atoms with E-state index in [2.05, 4.69) is 42.9 Å². The predicted octanol–water partition coefficient (Wildman–Crippen LogP) is 1.74. The number of carbonyl (C=O) groups excluding carboxylic acids is 1. The number of furan rings is 1. The highest BCUT2D eigenvalue weighted by atomic mass is 16.5. The Morgan fingerprint density at radius 3 is 2.68 bits per heavy atom. The smallest absolute Gasteiger partial charge is 0.373 e. The van der Waals surface area contributed by atoms with Crippen molar-refractivity contribution in [3.8, 4) is 0 Å². The number of nitrogens with one attached hydrogen (secondary N) is 1. The third-order valence-corrected chi connectivity index (χ3v) is 2.70. The molecule has 0 bridgehead atoms. The molecule has 0 aliphatic carbocycles. The van der Waals surface area contributed by atoms with Gasteiger partial charge in [0.15, 0.2) is 0 Å². The van der Waals surface area contributed by atoms with Crippen molar-refractivity contribution >= 4 is 5.97 Å². The lowest BCUT2D eigenvalue weighted by Gasteiger charge is -2.28. The van der Waals surface area contributed by atoms with E-state index in [4.69, 9.17) is 4.42 Å². The molecule has 1 N–H and O–H groups in total. The summed E-state index contributed by atoms with van der Waals surface area (Å²) in [6.07, 6.45) is 0. The molecular formula is C14H24N2O3. The average molecular weight is 268 g/mol. The van der Waals surface area contributed by atoms with Crippen LogP contribution in [0.15, 0.2) is 16.5 Å². The minimum Gasteiger partial charge on any atom is -0.463 e. The zero-order valence-corrected chi connectivity index (χ0v) is 12.4. The highest BCUT2D eigenvalue weighted by Crippen LogP contribution is 2.15. The summed E-state index contributed by atoms with van der Waals surface area (Å²) in [4.78, 5) is 13.4. The fraction of sp³-hybridized carbons (Fsp3) is 0.643. The van der Waals surface area contributed by atoms with Gasteiger partial charge < -0.3 is 19.4 Å². The predicted molar refractivity (Wildman–Crippen MR) is 74.1 cm³/mol. The summed E-state index contributed by atoms with van der Waals surface area (Å²) >= 11 is 0. The van der Waals surface area contributed by atoms with Crippen LogP contribution >= 0.6 is 0 Å². The number of hydrogen-bond acceptors (Lipinski definition) is 5. The molecule has 0 aliphatic rings. The average Bonchev–Trinajstić information content (AvgIpc) is 2.74. The van der Waals surface area contributed by atoms with Crippen LogP contribution in [0, 0.1) is 5.41 Å². The number of ether oxygens (including phenoxy) is 1. The maximum Gasteiger partial charge on any atom is 0.373 e.